The number of hydrogen-bond acceptors (Lipinski definition) is 3. The number of carboxylic acid groups (broad SMARTS) is 1. The molecule has 1 unspecified atom stereocenters. The van der Waals surface area contributed by atoms with Crippen LogP contribution >= 0.6 is 0 Å². The van der Waals surface area contributed by atoms with Crippen LogP contribution in [0.5, 0.6) is 0 Å². The van der Waals surface area contributed by atoms with Gasteiger partial charge in [-0.05, 0) is 12.8 Å². The van der Waals surface area contributed by atoms with Gasteiger partial charge in [0.25, 0.3) is 0 Å². The molecule has 1 aliphatic rings. The fourth-order valence-corrected chi connectivity index (χ4v) is 1.84. The quantitative estimate of drug-likeness (QED) is 0.748. The van der Waals surface area contributed by atoms with Crippen molar-refractivity contribution in [3.05, 3.63) is 18.2 Å². The van der Waals surface area contributed by atoms with Crippen molar-refractivity contribution in [1.29, 1.82) is 0 Å². The highest BCUT2D eigenvalue weighted by atomic mass is 16.5. The molecule has 0 amide bonds. The maximum absolute atomic E-state index is 11.2. The highest BCUT2D eigenvalue weighted by Gasteiger charge is 2.47. The topological polar surface area (TPSA) is 64.4 Å². The number of imidazole rings is 1. The molecule has 1 aliphatic heterocycles. The molecule has 0 bridgehead atoms. The molecule has 1 saturated heterocycles. The third kappa shape index (κ3) is 1.13. The zero-order valence-corrected chi connectivity index (χ0v) is 7.93. The summed E-state index contributed by atoms with van der Waals surface area (Å²) in [6.07, 6.45) is 4.57. The first-order valence-electron chi connectivity index (χ1n) is 4.52. The molecule has 5 heteroatoms. The number of ether oxygens (including phenoxy) is 1. The van der Waals surface area contributed by atoms with E-state index in [0.717, 1.165) is 6.42 Å². The second kappa shape index (κ2) is 3.09. The molecule has 1 fully saturated rings. The van der Waals surface area contributed by atoms with Crippen LogP contribution in [0.25, 0.3) is 0 Å². The number of aryl methyl sites for hydroxylation is 1. The fourth-order valence-electron chi connectivity index (χ4n) is 1.84. The number of carbonyl (C=O) groups is 1. The molecular weight excluding hydrogens is 184 g/mol. The van der Waals surface area contributed by atoms with Gasteiger partial charge in [0, 0.05) is 26.0 Å². The first kappa shape index (κ1) is 9.21. The molecule has 0 spiro atoms. The van der Waals surface area contributed by atoms with Gasteiger partial charge in [0.1, 0.15) is 0 Å². The SMILES string of the molecule is Cn1ccnc1C1(C(=O)O)CCCO1. The lowest BCUT2D eigenvalue weighted by Gasteiger charge is -2.22. The van der Waals surface area contributed by atoms with Gasteiger partial charge in [-0.3, -0.25) is 0 Å². The number of rotatable bonds is 2. The number of hydrogen-bond donors (Lipinski definition) is 1. The maximum Gasteiger partial charge on any atom is 0.343 e. The van der Waals surface area contributed by atoms with Crippen LogP contribution in [0.1, 0.15) is 18.7 Å². The number of aliphatic carboxylic acids is 1. The van der Waals surface area contributed by atoms with E-state index < -0.39 is 11.6 Å². The average molecular weight is 196 g/mol. The Hall–Kier alpha value is -1.36. The van der Waals surface area contributed by atoms with E-state index in [-0.39, 0.29) is 0 Å². The Morgan fingerprint density at radius 3 is 3.00 bits per heavy atom. The molecule has 1 atom stereocenters. The van der Waals surface area contributed by atoms with E-state index in [0.29, 0.717) is 18.9 Å². The lowest BCUT2D eigenvalue weighted by molar-refractivity contribution is -0.162. The van der Waals surface area contributed by atoms with Gasteiger partial charge in [0.15, 0.2) is 5.82 Å². The summed E-state index contributed by atoms with van der Waals surface area (Å²) in [5.41, 5.74) is -1.22. The predicted molar refractivity (Wildman–Crippen MR) is 47.7 cm³/mol. The van der Waals surface area contributed by atoms with Gasteiger partial charge in [-0.15, -0.1) is 0 Å². The van der Waals surface area contributed by atoms with E-state index >= 15 is 0 Å². The van der Waals surface area contributed by atoms with Gasteiger partial charge < -0.3 is 14.4 Å². The first-order valence-corrected chi connectivity index (χ1v) is 4.52. The van der Waals surface area contributed by atoms with E-state index in [1.807, 2.05) is 0 Å². The van der Waals surface area contributed by atoms with Crippen LogP contribution in [0.15, 0.2) is 12.4 Å². The van der Waals surface area contributed by atoms with Crippen molar-refractivity contribution in [2.24, 2.45) is 7.05 Å². The van der Waals surface area contributed by atoms with Crippen molar-refractivity contribution < 1.29 is 14.6 Å². The van der Waals surface area contributed by atoms with Crippen LogP contribution in [-0.2, 0) is 22.2 Å². The smallest absolute Gasteiger partial charge is 0.343 e. The Balaban J connectivity index is 2.46. The Morgan fingerprint density at radius 1 is 1.79 bits per heavy atom. The monoisotopic (exact) mass is 196 g/mol. The Labute approximate surface area is 81.3 Å². The number of carboxylic acids is 1. The van der Waals surface area contributed by atoms with E-state index in [4.69, 9.17) is 4.74 Å². The minimum Gasteiger partial charge on any atom is -0.479 e. The largest absolute Gasteiger partial charge is 0.479 e. The molecule has 0 aliphatic carbocycles. The minimum absolute atomic E-state index is 0.475. The van der Waals surface area contributed by atoms with Gasteiger partial charge in [-0.25, -0.2) is 9.78 Å². The molecule has 5 nitrogen and oxygen atoms in total. The summed E-state index contributed by atoms with van der Waals surface area (Å²) in [5, 5.41) is 9.18. The van der Waals surface area contributed by atoms with E-state index in [9.17, 15) is 9.90 Å². The number of nitrogens with zero attached hydrogens (tertiary/aromatic N) is 2. The van der Waals surface area contributed by atoms with Crippen molar-refractivity contribution in [2.45, 2.75) is 18.4 Å². The molecule has 1 aromatic rings. The summed E-state index contributed by atoms with van der Waals surface area (Å²) in [6, 6.07) is 0. The first-order chi connectivity index (χ1) is 6.67. The molecule has 14 heavy (non-hydrogen) atoms. The summed E-state index contributed by atoms with van der Waals surface area (Å²) in [6.45, 7) is 0.485. The van der Waals surface area contributed by atoms with Crippen LogP contribution in [0.2, 0.25) is 0 Å². The van der Waals surface area contributed by atoms with Gasteiger partial charge in [0.05, 0.1) is 0 Å². The van der Waals surface area contributed by atoms with Crippen LogP contribution in [-0.4, -0.2) is 27.2 Å². The molecule has 2 rings (SSSR count). The van der Waals surface area contributed by atoms with Gasteiger partial charge >= 0.3 is 5.97 Å². The lowest BCUT2D eigenvalue weighted by atomic mass is 9.99. The average Bonchev–Trinajstić information content (AvgIpc) is 2.72. The van der Waals surface area contributed by atoms with Gasteiger partial charge in [-0.1, -0.05) is 0 Å². The molecule has 1 aromatic heterocycles. The molecule has 0 saturated carbocycles. The van der Waals surface area contributed by atoms with E-state index in [1.54, 1.807) is 24.0 Å². The van der Waals surface area contributed by atoms with Crippen molar-refractivity contribution in [2.75, 3.05) is 6.61 Å². The van der Waals surface area contributed by atoms with Crippen molar-refractivity contribution in [3.8, 4) is 0 Å². The third-order valence-electron chi connectivity index (χ3n) is 2.55. The molecule has 1 N–H and O–H groups in total. The maximum atomic E-state index is 11.2. The summed E-state index contributed by atoms with van der Waals surface area (Å²) < 4.78 is 7.04. The molecule has 0 aromatic carbocycles. The molecular formula is C9H12N2O3. The van der Waals surface area contributed by atoms with Gasteiger partial charge in [0.2, 0.25) is 5.60 Å². The van der Waals surface area contributed by atoms with Crippen molar-refractivity contribution >= 4 is 5.97 Å². The summed E-state index contributed by atoms with van der Waals surface area (Å²) in [4.78, 5) is 15.2. The van der Waals surface area contributed by atoms with E-state index in [2.05, 4.69) is 4.98 Å². The Morgan fingerprint density at radius 2 is 2.57 bits per heavy atom. The second-order valence-corrected chi connectivity index (χ2v) is 3.45. The van der Waals surface area contributed by atoms with E-state index in [1.165, 1.54) is 0 Å². The van der Waals surface area contributed by atoms with Crippen LogP contribution in [0, 0.1) is 0 Å². The second-order valence-electron chi connectivity index (χ2n) is 3.45. The van der Waals surface area contributed by atoms with Crippen LogP contribution < -0.4 is 0 Å². The Bertz CT molecular complexity index is 353. The zero-order valence-electron chi connectivity index (χ0n) is 7.93. The zero-order chi connectivity index (χ0) is 10.2. The fraction of sp³-hybridized carbons (Fsp3) is 0.556. The van der Waals surface area contributed by atoms with Crippen molar-refractivity contribution in [3.63, 3.8) is 0 Å². The van der Waals surface area contributed by atoms with Crippen LogP contribution in [0.4, 0.5) is 0 Å². The normalized spacial score (nSPS) is 26.6. The minimum atomic E-state index is -1.22. The highest BCUT2D eigenvalue weighted by molar-refractivity contribution is 5.78. The van der Waals surface area contributed by atoms with Gasteiger partial charge in [-0.2, -0.15) is 0 Å². The highest BCUT2D eigenvalue weighted by Crippen LogP contribution is 2.35. The number of aromatic nitrogens is 2. The summed E-state index contributed by atoms with van der Waals surface area (Å²) >= 11 is 0. The molecule has 2 heterocycles. The Kier molecular flexibility index (Phi) is 2.03. The standard InChI is InChI=1S/C9H12N2O3/c1-11-5-4-10-7(11)9(8(12)13)3-2-6-14-9/h4-5H,2-3,6H2,1H3,(H,12,13). The third-order valence-corrected chi connectivity index (χ3v) is 2.55. The van der Waals surface area contributed by atoms with Crippen molar-refractivity contribution in [1.82, 2.24) is 9.55 Å². The summed E-state index contributed by atoms with van der Waals surface area (Å²) in [7, 11) is 1.77. The summed E-state index contributed by atoms with van der Waals surface area (Å²) in [5.74, 6) is -0.480. The van der Waals surface area contributed by atoms with Crippen LogP contribution in [0.3, 0.4) is 0 Å². The molecule has 0 radical (unpaired) electrons. The molecule has 76 valence electrons. The predicted octanol–water partition coefficient (Wildman–Crippen LogP) is 0.510. The lowest BCUT2D eigenvalue weighted by Crippen LogP contribution is -2.37.